The van der Waals surface area contributed by atoms with Crippen LogP contribution in [0.25, 0.3) is 0 Å². The SMILES string of the molecule is Cl.Nc1c(Br)cc(C(=O)O)cc1CNC1CCC(O)CC1. The highest BCUT2D eigenvalue weighted by Gasteiger charge is 2.19. The van der Waals surface area contributed by atoms with Crippen molar-refractivity contribution in [1.82, 2.24) is 5.32 Å². The molecule has 0 heterocycles. The lowest BCUT2D eigenvalue weighted by molar-refractivity contribution is 0.0696. The molecule has 7 heteroatoms. The fourth-order valence-corrected chi connectivity index (χ4v) is 2.98. The van der Waals surface area contributed by atoms with Crippen molar-refractivity contribution in [3.8, 4) is 0 Å². The van der Waals surface area contributed by atoms with E-state index in [0.29, 0.717) is 22.7 Å². The van der Waals surface area contributed by atoms with Crippen LogP contribution < -0.4 is 11.1 Å². The van der Waals surface area contributed by atoms with E-state index in [0.717, 1.165) is 31.2 Å². The summed E-state index contributed by atoms with van der Waals surface area (Å²) >= 11 is 3.29. The second-order valence-electron chi connectivity index (χ2n) is 5.22. The van der Waals surface area contributed by atoms with Crippen LogP contribution in [0.4, 0.5) is 5.69 Å². The number of carboxylic acid groups (broad SMARTS) is 1. The zero-order chi connectivity index (χ0) is 14.7. The van der Waals surface area contributed by atoms with Crippen molar-refractivity contribution in [2.75, 3.05) is 5.73 Å². The molecule has 2 rings (SSSR count). The maximum Gasteiger partial charge on any atom is 0.335 e. The smallest absolute Gasteiger partial charge is 0.335 e. The van der Waals surface area contributed by atoms with Gasteiger partial charge < -0.3 is 21.3 Å². The number of carbonyl (C=O) groups is 1. The lowest BCUT2D eigenvalue weighted by atomic mass is 9.93. The number of halogens is 2. The van der Waals surface area contributed by atoms with Crippen LogP contribution in [-0.2, 0) is 6.54 Å². The van der Waals surface area contributed by atoms with Crippen LogP contribution in [0, 0.1) is 0 Å². The highest BCUT2D eigenvalue weighted by molar-refractivity contribution is 9.10. The summed E-state index contributed by atoms with van der Waals surface area (Å²) in [6, 6.07) is 3.47. The number of nitrogens with two attached hydrogens (primary N) is 1. The van der Waals surface area contributed by atoms with Crippen LogP contribution in [0.3, 0.4) is 0 Å². The zero-order valence-corrected chi connectivity index (χ0v) is 13.9. The molecule has 0 spiro atoms. The molecule has 1 fully saturated rings. The summed E-state index contributed by atoms with van der Waals surface area (Å²) in [6.07, 6.45) is 3.31. The van der Waals surface area contributed by atoms with Crippen molar-refractivity contribution >= 4 is 40.0 Å². The van der Waals surface area contributed by atoms with Crippen LogP contribution in [0.15, 0.2) is 16.6 Å². The maximum absolute atomic E-state index is 11.0. The minimum absolute atomic E-state index is 0. The Bertz CT molecular complexity index is 505. The summed E-state index contributed by atoms with van der Waals surface area (Å²) in [5.41, 5.74) is 7.54. The second kappa shape index (κ2) is 7.98. The summed E-state index contributed by atoms with van der Waals surface area (Å²) in [5.74, 6) is -0.965. The summed E-state index contributed by atoms with van der Waals surface area (Å²) < 4.78 is 0.605. The van der Waals surface area contributed by atoms with Gasteiger partial charge in [0.25, 0.3) is 0 Å². The van der Waals surface area contributed by atoms with Gasteiger partial charge in [-0.05, 0) is 59.3 Å². The van der Waals surface area contributed by atoms with E-state index in [1.54, 1.807) is 6.07 Å². The van der Waals surface area contributed by atoms with Crippen molar-refractivity contribution in [3.63, 3.8) is 0 Å². The molecule has 0 saturated heterocycles. The van der Waals surface area contributed by atoms with Crippen LogP contribution >= 0.6 is 28.3 Å². The van der Waals surface area contributed by atoms with Gasteiger partial charge in [0.2, 0.25) is 0 Å². The number of nitrogen functional groups attached to an aromatic ring is 1. The predicted molar refractivity (Wildman–Crippen MR) is 87.9 cm³/mol. The summed E-state index contributed by atoms with van der Waals surface area (Å²) in [4.78, 5) is 11.0. The lowest BCUT2D eigenvalue weighted by Gasteiger charge is -2.26. The quantitative estimate of drug-likeness (QED) is 0.603. The average Bonchev–Trinajstić information content (AvgIpc) is 2.42. The van der Waals surface area contributed by atoms with Gasteiger partial charge in [-0.1, -0.05) is 0 Å². The zero-order valence-electron chi connectivity index (χ0n) is 11.5. The first-order valence-corrected chi connectivity index (χ1v) is 7.49. The number of hydrogen-bond donors (Lipinski definition) is 4. The van der Waals surface area contributed by atoms with E-state index in [1.807, 2.05) is 0 Å². The van der Waals surface area contributed by atoms with Crippen molar-refractivity contribution in [2.24, 2.45) is 0 Å². The number of aromatic carboxylic acids is 1. The number of carboxylic acids is 1. The number of anilines is 1. The van der Waals surface area contributed by atoms with Crippen LogP contribution in [0.2, 0.25) is 0 Å². The van der Waals surface area contributed by atoms with Crippen LogP contribution in [0.5, 0.6) is 0 Å². The molecule has 118 valence electrons. The maximum atomic E-state index is 11.0. The van der Waals surface area contributed by atoms with E-state index in [4.69, 9.17) is 10.8 Å². The molecule has 0 radical (unpaired) electrons. The Balaban J connectivity index is 0.00000220. The molecule has 5 N–H and O–H groups in total. The first-order chi connectivity index (χ1) is 9.47. The van der Waals surface area contributed by atoms with Gasteiger partial charge in [0.15, 0.2) is 0 Å². The predicted octanol–water partition coefficient (Wildman–Crippen LogP) is 2.54. The molecular formula is C14H20BrClN2O3. The van der Waals surface area contributed by atoms with Gasteiger partial charge >= 0.3 is 5.97 Å². The Kier molecular flexibility index (Phi) is 6.93. The highest BCUT2D eigenvalue weighted by atomic mass is 79.9. The van der Waals surface area contributed by atoms with E-state index in [2.05, 4.69) is 21.2 Å². The molecule has 1 aromatic rings. The number of rotatable bonds is 4. The van der Waals surface area contributed by atoms with Gasteiger partial charge in [0.1, 0.15) is 0 Å². The standard InChI is InChI=1S/C14H19BrN2O3.ClH/c15-12-6-8(14(19)20)5-9(13(12)16)7-17-10-1-3-11(18)4-2-10;/h5-6,10-11,17-18H,1-4,7,16H2,(H,19,20);1H. The second-order valence-corrected chi connectivity index (χ2v) is 6.08. The third-order valence-corrected chi connectivity index (χ3v) is 4.40. The number of aliphatic hydroxyl groups excluding tert-OH is 1. The largest absolute Gasteiger partial charge is 0.478 e. The Morgan fingerprint density at radius 3 is 2.52 bits per heavy atom. The van der Waals surface area contributed by atoms with Crippen molar-refractivity contribution in [3.05, 3.63) is 27.7 Å². The van der Waals surface area contributed by atoms with Gasteiger partial charge in [-0.15, -0.1) is 12.4 Å². The molecule has 5 nitrogen and oxygen atoms in total. The topological polar surface area (TPSA) is 95.6 Å². The molecule has 0 amide bonds. The van der Waals surface area contributed by atoms with Crippen molar-refractivity contribution in [1.29, 1.82) is 0 Å². The monoisotopic (exact) mass is 378 g/mol. The first kappa shape index (κ1) is 18.2. The Morgan fingerprint density at radius 2 is 1.95 bits per heavy atom. The van der Waals surface area contributed by atoms with Gasteiger partial charge in [-0.2, -0.15) is 0 Å². The van der Waals surface area contributed by atoms with E-state index in [1.165, 1.54) is 6.07 Å². The Morgan fingerprint density at radius 1 is 1.33 bits per heavy atom. The van der Waals surface area contributed by atoms with Crippen molar-refractivity contribution in [2.45, 2.75) is 44.4 Å². The number of hydrogen-bond acceptors (Lipinski definition) is 4. The van der Waals surface area contributed by atoms with Gasteiger partial charge in [-0.25, -0.2) is 4.79 Å². The minimum Gasteiger partial charge on any atom is -0.478 e. The summed E-state index contributed by atoms with van der Waals surface area (Å²) in [7, 11) is 0. The van der Waals surface area contributed by atoms with E-state index in [9.17, 15) is 9.90 Å². The minimum atomic E-state index is -0.965. The molecule has 0 atom stereocenters. The van der Waals surface area contributed by atoms with E-state index >= 15 is 0 Å². The number of nitrogens with one attached hydrogen (secondary N) is 1. The Labute approximate surface area is 138 Å². The molecule has 0 bridgehead atoms. The van der Waals surface area contributed by atoms with E-state index < -0.39 is 5.97 Å². The van der Waals surface area contributed by atoms with Gasteiger partial charge in [-0.3, -0.25) is 0 Å². The molecule has 0 aromatic heterocycles. The highest BCUT2D eigenvalue weighted by Crippen LogP contribution is 2.26. The molecule has 1 aromatic carbocycles. The van der Waals surface area contributed by atoms with Crippen LogP contribution in [-0.4, -0.2) is 28.3 Å². The molecule has 0 aliphatic heterocycles. The first-order valence-electron chi connectivity index (χ1n) is 6.70. The fourth-order valence-electron chi connectivity index (χ4n) is 2.48. The Hall–Kier alpha value is -0.820. The molecule has 21 heavy (non-hydrogen) atoms. The third kappa shape index (κ3) is 4.85. The van der Waals surface area contributed by atoms with Gasteiger partial charge in [0, 0.05) is 17.1 Å². The average molecular weight is 380 g/mol. The molecular weight excluding hydrogens is 360 g/mol. The summed E-state index contributed by atoms with van der Waals surface area (Å²) in [5, 5.41) is 21.9. The van der Waals surface area contributed by atoms with E-state index in [-0.39, 0.29) is 24.1 Å². The number of benzene rings is 1. The molecule has 1 aliphatic rings. The normalized spacial score (nSPS) is 21.6. The third-order valence-electron chi connectivity index (χ3n) is 3.74. The van der Waals surface area contributed by atoms with Gasteiger partial charge in [0.05, 0.1) is 17.4 Å². The molecule has 1 aliphatic carbocycles. The fraction of sp³-hybridized carbons (Fsp3) is 0.500. The van der Waals surface area contributed by atoms with Crippen molar-refractivity contribution < 1.29 is 15.0 Å². The van der Waals surface area contributed by atoms with Crippen LogP contribution in [0.1, 0.15) is 41.6 Å². The number of aliphatic hydroxyl groups is 1. The lowest BCUT2D eigenvalue weighted by Crippen LogP contribution is -2.34. The molecule has 1 saturated carbocycles. The summed E-state index contributed by atoms with van der Waals surface area (Å²) in [6.45, 7) is 0.534. The molecule has 0 unspecified atom stereocenters.